The van der Waals surface area contributed by atoms with Gasteiger partial charge < -0.3 is 15.1 Å². The molecule has 0 spiro atoms. The summed E-state index contributed by atoms with van der Waals surface area (Å²) in [5.74, 6) is 0.337. The summed E-state index contributed by atoms with van der Waals surface area (Å²) >= 11 is 1.33. The molecule has 1 fully saturated rings. The lowest BCUT2D eigenvalue weighted by atomic mass is 10.1. The first-order chi connectivity index (χ1) is 16.0. The lowest BCUT2D eigenvalue weighted by Gasteiger charge is -2.34. The van der Waals surface area contributed by atoms with Crippen LogP contribution < -0.4 is 0 Å². The molecule has 0 bridgehead atoms. The number of thiophene rings is 1. The molecule has 0 saturated carbocycles. The van der Waals surface area contributed by atoms with Crippen LogP contribution in [0.1, 0.15) is 20.8 Å². The normalized spacial score (nSPS) is 14.6. The van der Waals surface area contributed by atoms with Gasteiger partial charge in [0.25, 0.3) is 5.91 Å². The molecule has 1 aliphatic heterocycles. The molecular formula is C24H23N5O3S. The largest absolute Gasteiger partial charge is 0.508 e. The molecular weight excluding hydrogens is 438 g/mol. The summed E-state index contributed by atoms with van der Waals surface area (Å²) in [5.41, 5.74) is 2.57. The number of amides is 1. The molecule has 1 saturated heterocycles. The van der Waals surface area contributed by atoms with Crippen LogP contribution in [0.25, 0.3) is 21.7 Å². The topological polar surface area (TPSA) is 103 Å². The average Bonchev–Trinajstić information content (AvgIpc) is 3.16. The van der Waals surface area contributed by atoms with Crippen molar-refractivity contribution in [2.45, 2.75) is 13.5 Å². The summed E-state index contributed by atoms with van der Waals surface area (Å²) in [7, 11) is 0. The predicted octanol–water partition coefficient (Wildman–Crippen LogP) is 3.43. The van der Waals surface area contributed by atoms with Gasteiger partial charge in [0.1, 0.15) is 21.7 Å². The molecule has 0 radical (unpaired) electrons. The highest BCUT2D eigenvalue weighted by Gasteiger charge is 2.28. The van der Waals surface area contributed by atoms with E-state index in [9.17, 15) is 15.0 Å². The number of aromatic hydroxyl groups is 2. The Morgan fingerprint density at radius 2 is 1.88 bits per heavy atom. The molecule has 3 aromatic heterocycles. The number of pyridine rings is 1. The van der Waals surface area contributed by atoms with E-state index in [1.165, 1.54) is 11.3 Å². The second kappa shape index (κ2) is 8.76. The number of carbonyl (C=O) groups is 1. The van der Waals surface area contributed by atoms with Crippen LogP contribution in [0.4, 0.5) is 0 Å². The monoisotopic (exact) mass is 461 g/mol. The first kappa shape index (κ1) is 21.3. The van der Waals surface area contributed by atoms with E-state index in [1.807, 2.05) is 30.0 Å². The fourth-order valence-corrected chi connectivity index (χ4v) is 5.09. The number of rotatable bonds is 4. The third kappa shape index (κ3) is 4.24. The van der Waals surface area contributed by atoms with Crippen molar-refractivity contribution in [3.8, 4) is 23.1 Å². The standard InChI is InChI=1S/C24H23N5O3S/c1-15-19(20-21(33-15)23(31)27-22(26-20)18-7-2-3-8-25-18)24(32)29-11-9-28(10-12-29)14-16-5-4-6-17(30)13-16/h2-8,13,30H,9-12,14H2,1H3,(H,26,27,31). The Balaban J connectivity index is 1.37. The van der Waals surface area contributed by atoms with Crippen LogP contribution in [0, 0.1) is 6.92 Å². The summed E-state index contributed by atoms with van der Waals surface area (Å²) in [5, 5.41) is 20.2. The summed E-state index contributed by atoms with van der Waals surface area (Å²) in [6.45, 7) is 5.27. The van der Waals surface area contributed by atoms with E-state index >= 15 is 0 Å². The van der Waals surface area contributed by atoms with E-state index in [1.54, 1.807) is 30.5 Å². The van der Waals surface area contributed by atoms with Crippen LogP contribution in [0.5, 0.6) is 11.6 Å². The minimum Gasteiger partial charge on any atom is -0.508 e. The predicted molar refractivity (Wildman–Crippen MR) is 126 cm³/mol. The Hall–Kier alpha value is -3.56. The second-order valence-electron chi connectivity index (χ2n) is 8.04. The van der Waals surface area contributed by atoms with Crippen LogP contribution in [-0.4, -0.2) is 67.1 Å². The van der Waals surface area contributed by atoms with E-state index in [2.05, 4.69) is 19.9 Å². The second-order valence-corrected chi connectivity index (χ2v) is 9.26. The van der Waals surface area contributed by atoms with Crippen molar-refractivity contribution in [2.24, 2.45) is 0 Å². The molecule has 5 rings (SSSR count). The lowest BCUT2D eigenvalue weighted by Crippen LogP contribution is -2.48. The van der Waals surface area contributed by atoms with E-state index in [-0.39, 0.29) is 17.5 Å². The zero-order valence-corrected chi connectivity index (χ0v) is 18.9. The Bertz CT molecular complexity index is 1320. The summed E-state index contributed by atoms with van der Waals surface area (Å²) in [6.07, 6.45) is 1.64. The number of hydrogen-bond donors (Lipinski definition) is 2. The van der Waals surface area contributed by atoms with Gasteiger partial charge in [-0.05, 0) is 36.8 Å². The SMILES string of the molecule is Cc1sc2c(O)nc(-c3ccccn3)nc2c1C(=O)N1CCN(Cc2cccc(O)c2)CC1. The number of hydrogen-bond acceptors (Lipinski definition) is 8. The highest BCUT2D eigenvalue weighted by atomic mass is 32.1. The van der Waals surface area contributed by atoms with Gasteiger partial charge in [-0.3, -0.25) is 14.7 Å². The minimum atomic E-state index is -0.135. The van der Waals surface area contributed by atoms with Crippen molar-refractivity contribution in [3.63, 3.8) is 0 Å². The van der Waals surface area contributed by atoms with Crippen molar-refractivity contribution in [3.05, 3.63) is 64.7 Å². The number of nitrogens with zero attached hydrogens (tertiary/aromatic N) is 5. The summed E-state index contributed by atoms with van der Waals surface area (Å²) in [4.78, 5) is 31.5. The van der Waals surface area contributed by atoms with Crippen molar-refractivity contribution >= 4 is 27.5 Å². The fourth-order valence-electron chi connectivity index (χ4n) is 4.11. The lowest BCUT2D eigenvalue weighted by molar-refractivity contribution is 0.0630. The molecule has 168 valence electrons. The van der Waals surface area contributed by atoms with Crippen molar-refractivity contribution < 1.29 is 15.0 Å². The van der Waals surface area contributed by atoms with Gasteiger partial charge >= 0.3 is 0 Å². The molecule has 9 heteroatoms. The van der Waals surface area contributed by atoms with Crippen LogP contribution in [0.3, 0.4) is 0 Å². The van der Waals surface area contributed by atoms with E-state index < -0.39 is 0 Å². The van der Waals surface area contributed by atoms with Crippen LogP contribution in [0.15, 0.2) is 48.7 Å². The van der Waals surface area contributed by atoms with Crippen molar-refractivity contribution in [2.75, 3.05) is 26.2 Å². The third-order valence-corrected chi connectivity index (χ3v) is 6.87. The number of phenols is 1. The molecule has 1 aromatic carbocycles. The smallest absolute Gasteiger partial charge is 0.257 e. The maximum Gasteiger partial charge on any atom is 0.257 e. The molecule has 4 aromatic rings. The van der Waals surface area contributed by atoms with E-state index in [4.69, 9.17) is 0 Å². The van der Waals surface area contributed by atoms with E-state index in [0.717, 1.165) is 30.1 Å². The van der Waals surface area contributed by atoms with Crippen molar-refractivity contribution in [1.29, 1.82) is 0 Å². The number of phenolic OH excluding ortho intramolecular Hbond substituents is 1. The fraction of sp³-hybridized carbons (Fsp3) is 0.250. The van der Waals surface area contributed by atoms with E-state index in [0.29, 0.717) is 40.4 Å². The Kier molecular flexibility index (Phi) is 5.65. The van der Waals surface area contributed by atoms with Gasteiger partial charge in [-0.15, -0.1) is 11.3 Å². The average molecular weight is 462 g/mol. The van der Waals surface area contributed by atoms with Gasteiger partial charge in [0.15, 0.2) is 5.82 Å². The number of aryl methyl sites for hydroxylation is 1. The van der Waals surface area contributed by atoms with Gasteiger partial charge in [0.05, 0.1) is 5.56 Å². The zero-order valence-electron chi connectivity index (χ0n) is 18.1. The number of benzene rings is 1. The van der Waals surface area contributed by atoms with Gasteiger partial charge in [0, 0.05) is 43.8 Å². The third-order valence-electron chi connectivity index (χ3n) is 5.78. The number of piperazine rings is 1. The Morgan fingerprint density at radius 1 is 1.06 bits per heavy atom. The first-order valence-electron chi connectivity index (χ1n) is 10.7. The summed E-state index contributed by atoms with van der Waals surface area (Å²) < 4.78 is 0.512. The highest BCUT2D eigenvalue weighted by molar-refractivity contribution is 7.19. The molecule has 4 heterocycles. The molecule has 33 heavy (non-hydrogen) atoms. The Morgan fingerprint density at radius 3 is 2.61 bits per heavy atom. The first-order valence-corrected chi connectivity index (χ1v) is 11.5. The van der Waals surface area contributed by atoms with Crippen molar-refractivity contribution in [1.82, 2.24) is 24.8 Å². The highest BCUT2D eigenvalue weighted by Crippen LogP contribution is 2.36. The molecule has 1 amide bonds. The molecule has 0 aliphatic carbocycles. The molecule has 8 nitrogen and oxygen atoms in total. The number of carbonyl (C=O) groups excluding carboxylic acids is 1. The van der Waals surface area contributed by atoms with Gasteiger partial charge in [-0.25, -0.2) is 4.98 Å². The number of aromatic nitrogens is 3. The minimum absolute atomic E-state index is 0.0826. The quantitative estimate of drug-likeness (QED) is 0.480. The zero-order chi connectivity index (χ0) is 22.9. The van der Waals surface area contributed by atoms with Gasteiger partial charge in [-0.2, -0.15) is 4.98 Å². The molecule has 0 unspecified atom stereocenters. The van der Waals surface area contributed by atoms with Crippen LogP contribution >= 0.6 is 11.3 Å². The van der Waals surface area contributed by atoms with Crippen LogP contribution in [0.2, 0.25) is 0 Å². The molecule has 0 atom stereocenters. The maximum atomic E-state index is 13.5. The summed E-state index contributed by atoms with van der Waals surface area (Å²) in [6, 6.07) is 12.7. The Labute approximate surface area is 194 Å². The van der Waals surface area contributed by atoms with Gasteiger partial charge in [0.2, 0.25) is 5.88 Å². The van der Waals surface area contributed by atoms with Gasteiger partial charge in [-0.1, -0.05) is 18.2 Å². The molecule has 2 N–H and O–H groups in total. The maximum absolute atomic E-state index is 13.5. The number of fused-ring (bicyclic) bond motifs is 1. The molecule has 1 aliphatic rings. The van der Waals surface area contributed by atoms with Crippen LogP contribution in [-0.2, 0) is 6.54 Å².